The average molecular weight is 545 g/mol. The van der Waals surface area contributed by atoms with Gasteiger partial charge in [-0.1, -0.05) is 155 Å². The van der Waals surface area contributed by atoms with Crippen LogP contribution in [0.1, 0.15) is 180 Å². The summed E-state index contributed by atoms with van der Waals surface area (Å²) in [5.41, 5.74) is 2.59. The minimum atomic E-state index is -0.845. The van der Waals surface area contributed by atoms with Gasteiger partial charge in [-0.05, 0) is 55.7 Å². The summed E-state index contributed by atoms with van der Waals surface area (Å²) in [6.07, 6.45) is 30.6. The van der Waals surface area contributed by atoms with Crippen molar-refractivity contribution in [3.8, 4) is 5.75 Å². The highest BCUT2D eigenvalue weighted by atomic mass is 16.5. The fourth-order valence-electron chi connectivity index (χ4n) is 5.49. The van der Waals surface area contributed by atoms with Crippen molar-refractivity contribution in [3.63, 3.8) is 0 Å². The van der Waals surface area contributed by atoms with E-state index < -0.39 is 12.1 Å². The van der Waals surface area contributed by atoms with E-state index in [2.05, 4.69) is 39.0 Å². The van der Waals surface area contributed by atoms with Gasteiger partial charge in [-0.25, -0.2) is 4.79 Å². The SMILES string of the molecule is CCCCCCCCCCCCc1ccc(OC(CCCC)C(=O)O)c(CCCCCCCCCCCC)c1. The summed E-state index contributed by atoms with van der Waals surface area (Å²) in [7, 11) is 0. The van der Waals surface area contributed by atoms with Crippen molar-refractivity contribution in [2.45, 2.75) is 187 Å². The molecule has 1 aromatic carbocycles. The van der Waals surface area contributed by atoms with Gasteiger partial charge in [0, 0.05) is 0 Å². The van der Waals surface area contributed by atoms with Crippen molar-refractivity contribution in [2.75, 3.05) is 0 Å². The zero-order valence-electron chi connectivity index (χ0n) is 26.3. The van der Waals surface area contributed by atoms with Crippen LogP contribution in [-0.2, 0) is 17.6 Å². The molecule has 0 radical (unpaired) electrons. The zero-order chi connectivity index (χ0) is 28.4. The van der Waals surface area contributed by atoms with E-state index in [4.69, 9.17) is 4.74 Å². The van der Waals surface area contributed by atoms with E-state index in [-0.39, 0.29) is 0 Å². The third-order valence-corrected chi connectivity index (χ3v) is 8.11. The molecule has 1 N–H and O–H groups in total. The maximum Gasteiger partial charge on any atom is 0.344 e. The van der Waals surface area contributed by atoms with Gasteiger partial charge in [-0.2, -0.15) is 0 Å². The Morgan fingerprint density at radius 1 is 0.615 bits per heavy atom. The number of ether oxygens (including phenoxy) is 1. The van der Waals surface area contributed by atoms with Gasteiger partial charge in [0.1, 0.15) is 5.75 Å². The van der Waals surface area contributed by atoms with Gasteiger partial charge < -0.3 is 9.84 Å². The number of carboxylic acid groups (broad SMARTS) is 1. The van der Waals surface area contributed by atoms with Crippen LogP contribution in [0.3, 0.4) is 0 Å². The van der Waals surface area contributed by atoms with Crippen molar-refractivity contribution in [1.29, 1.82) is 0 Å². The third-order valence-electron chi connectivity index (χ3n) is 8.11. The number of carboxylic acids is 1. The molecule has 1 atom stereocenters. The number of unbranched alkanes of at least 4 members (excludes halogenated alkanes) is 19. The van der Waals surface area contributed by atoms with Crippen LogP contribution < -0.4 is 4.74 Å². The number of aliphatic carboxylic acids is 1. The second kappa shape index (κ2) is 25.5. The van der Waals surface area contributed by atoms with Crippen LogP contribution in [0.2, 0.25) is 0 Å². The van der Waals surface area contributed by atoms with Crippen molar-refractivity contribution >= 4 is 5.97 Å². The fourth-order valence-corrected chi connectivity index (χ4v) is 5.49. The minimum absolute atomic E-state index is 0.573. The van der Waals surface area contributed by atoms with E-state index >= 15 is 0 Å². The Morgan fingerprint density at radius 3 is 1.51 bits per heavy atom. The van der Waals surface area contributed by atoms with Gasteiger partial charge in [-0.15, -0.1) is 0 Å². The lowest BCUT2D eigenvalue weighted by Crippen LogP contribution is -2.27. The summed E-state index contributed by atoms with van der Waals surface area (Å²) in [4.78, 5) is 11.8. The Kier molecular flexibility index (Phi) is 23.2. The molecule has 0 saturated carbocycles. The molecule has 0 aromatic heterocycles. The minimum Gasteiger partial charge on any atom is -0.479 e. The molecule has 0 amide bonds. The van der Waals surface area contributed by atoms with Crippen molar-refractivity contribution < 1.29 is 14.6 Å². The normalized spacial score (nSPS) is 12.1. The number of carbonyl (C=O) groups is 1. The first-order valence-corrected chi connectivity index (χ1v) is 17.1. The lowest BCUT2D eigenvalue weighted by molar-refractivity contribution is -0.145. The predicted molar refractivity (Wildman–Crippen MR) is 169 cm³/mol. The highest BCUT2D eigenvalue weighted by molar-refractivity contribution is 5.72. The molecule has 0 aliphatic heterocycles. The fraction of sp³-hybridized carbons (Fsp3) is 0.806. The number of rotatable bonds is 28. The molecular formula is C36H64O3. The van der Waals surface area contributed by atoms with E-state index in [1.54, 1.807) is 0 Å². The average Bonchev–Trinajstić information content (AvgIpc) is 2.93. The van der Waals surface area contributed by atoms with Crippen LogP contribution in [0.4, 0.5) is 0 Å². The quantitative estimate of drug-likeness (QED) is 0.107. The number of hydrogen-bond donors (Lipinski definition) is 1. The third kappa shape index (κ3) is 19.2. The van der Waals surface area contributed by atoms with Crippen LogP contribution in [0.5, 0.6) is 5.75 Å². The van der Waals surface area contributed by atoms with Crippen LogP contribution >= 0.6 is 0 Å². The molecule has 0 heterocycles. The summed E-state index contributed by atoms with van der Waals surface area (Å²) < 4.78 is 6.11. The maximum absolute atomic E-state index is 11.8. The standard InChI is InChI=1S/C36H64O3/c1-4-7-10-12-14-16-18-20-22-24-26-32-29-30-34(39-35(36(37)38)28-9-6-3)33(31-32)27-25-23-21-19-17-15-13-11-8-5-2/h29-31,35H,4-28H2,1-3H3,(H,37,38). The lowest BCUT2D eigenvalue weighted by atomic mass is 9.98. The molecule has 3 heteroatoms. The van der Waals surface area contributed by atoms with Gasteiger partial charge in [0.05, 0.1) is 0 Å². The zero-order valence-corrected chi connectivity index (χ0v) is 26.3. The van der Waals surface area contributed by atoms with Crippen molar-refractivity contribution in [2.24, 2.45) is 0 Å². The number of hydrogen-bond acceptors (Lipinski definition) is 2. The Hall–Kier alpha value is -1.51. The predicted octanol–water partition coefficient (Wildman–Crippen LogP) is 11.6. The molecule has 0 bridgehead atoms. The molecule has 39 heavy (non-hydrogen) atoms. The van der Waals surface area contributed by atoms with Crippen molar-refractivity contribution in [1.82, 2.24) is 0 Å². The monoisotopic (exact) mass is 544 g/mol. The summed E-state index contributed by atoms with van der Waals surface area (Å²) in [5, 5.41) is 9.70. The van der Waals surface area contributed by atoms with E-state index in [1.807, 2.05) is 0 Å². The number of aryl methyl sites for hydroxylation is 2. The summed E-state index contributed by atoms with van der Waals surface area (Å²) >= 11 is 0. The molecule has 0 saturated heterocycles. The van der Waals surface area contributed by atoms with E-state index in [1.165, 1.54) is 133 Å². The highest BCUT2D eigenvalue weighted by Crippen LogP contribution is 2.26. The number of benzene rings is 1. The van der Waals surface area contributed by atoms with Gasteiger partial charge in [0.2, 0.25) is 0 Å². The van der Waals surface area contributed by atoms with Crippen molar-refractivity contribution in [3.05, 3.63) is 29.3 Å². The molecule has 1 rings (SSSR count). The molecule has 3 nitrogen and oxygen atoms in total. The molecule has 0 fully saturated rings. The van der Waals surface area contributed by atoms with E-state index in [0.717, 1.165) is 37.9 Å². The van der Waals surface area contributed by atoms with E-state index in [9.17, 15) is 9.90 Å². The first-order valence-electron chi connectivity index (χ1n) is 17.1. The summed E-state index contributed by atoms with van der Waals surface area (Å²) in [6.45, 7) is 6.65. The maximum atomic E-state index is 11.8. The molecule has 0 aliphatic carbocycles. The molecule has 226 valence electrons. The molecule has 1 aromatic rings. The van der Waals surface area contributed by atoms with Gasteiger partial charge in [0.25, 0.3) is 0 Å². The Bertz CT molecular complexity index is 699. The molecule has 1 unspecified atom stereocenters. The summed E-state index contributed by atoms with van der Waals surface area (Å²) in [6, 6.07) is 6.54. The van der Waals surface area contributed by atoms with Crippen LogP contribution in [0.15, 0.2) is 18.2 Å². The van der Waals surface area contributed by atoms with Crippen LogP contribution in [0, 0.1) is 0 Å². The second-order valence-electron chi connectivity index (χ2n) is 11.9. The molecule has 0 spiro atoms. The smallest absolute Gasteiger partial charge is 0.344 e. The van der Waals surface area contributed by atoms with Crippen LogP contribution in [0.25, 0.3) is 0 Å². The second-order valence-corrected chi connectivity index (χ2v) is 11.9. The lowest BCUT2D eigenvalue weighted by Gasteiger charge is -2.18. The first-order chi connectivity index (χ1) is 19.1. The Balaban J connectivity index is 2.52. The molecular weight excluding hydrogens is 480 g/mol. The van der Waals surface area contributed by atoms with Gasteiger partial charge >= 0.3 is 5.97 Å². The first kappa shape index (κ1) is 35.5. The highest BCUT2D eigenvalue weighted by Gasteiger charge is 2.20. The van der Waals surface area contributed by atoms with Gasteiger partial charge in [-0.3, -0.25) is 0 Å². The van der Waals surface area contributed by atoms with Crippen LogP contribution in [-0.4, -0.2) is 17.2 Å². The van der Waals surface area contributed by atoms with E-state index in [0.29, 0.717) is 6.42 Å². The molecule has 0 aliphatic rings. The Morgan fingerprint density at radius 2 is 1.05 bits per heavy atom. The largest absolute Gasteiger partial charge is 0.479 e. The summed E-state index contributed by atoms with van der Waals surface area (Å²) in [5.74, 6) is -0.0518. The Labute approximate surface area is 242 Å². The topological polar surface area (TPSA) is 46.5 Å². The van der Waals surface area contributed by atoms with Gasteiger partial charge in [0.15, 0.2) is 6.10 Å².